The van der Waals surface area contributed by atoms with Crippen molar-refractivity contribution in [2.24, 2.45) is 0 Å². The van der Waals surface area contributed by atoms with E-state index in [0.29, 0.717) is 0 Å². The Morgan fingerprint density at radius 2 is 2.33 bits per heavy atom. The number of hydrogen-bond donors (Lipinski definition) is 1. The molecule has 0 atom stereocenters. The Morgan fingerprint density at radius 1 is 1.67 bits per heavy atom. The van der Waals surface area contributed by atoms with Crippen LogP contribution in [0.1, 0.15) is 19.8 Å². The molecule has 9 heavy (non-hydrogen) atoms. The van der Waals surface area contributed by atoms with Crippen molar-refractivity contribution in [3.63, 3.8) is 0 Å². The van der Waals surface area contributed by atoms with E-state index in [1.54, 1.807) is 0 Å². The van der Waals surface area contributed by atoms with Gasteiger partial charge in [0.05, 0.1) is 0 Å². The van der Waals surface area contributed by atoms with Gasteiger partial charge in [-0.05, 0) is 18.2 Å². The lowest BCUT2D eigenvalue weighted by atomic mass is 10.2. The van der Waals surface area contributed by atoms with Gasteiger partial charge in [-0.15, -0.1) is 0 Å². The van der Waals surface area contributed by atoms with Crippen LogP contribution < -0.4 is 5.32 Å². The molecule has 1 nitrogen and oxygen atoms in total. The third kappa shape index (κ3) is 3.83. The van der Waals surface area contributed by atoms with Crippen LogP contribution in [0.3, 0.4) is 0 Å². The molecule has 0 aromatic carbocycles. The predicted octanol–water partition coefficient (Wildman–Crippen LogP) is 2.08. The number of rotatable bonds is 4. The van der Waals surface area contributed by atoms with Crippen LogP contribution in [0.2, 0.25) is 0 Å². The van der Waals surface area contributed by atoms with Gasteiger partial charge in [0.2, 0.25) is 0 Å². The van der Waals surface area contributed by atoms with E-state index in [4.69, 9.17) is 0 Å². The molecule has 0 aliphatic heterocycles. The summed E-state index contributed by atoms with van der Waals surface area (Å²) in [6.45, 7) is 5.85. The molecule has 0 aromatic rings. The molecule has 52 valence electrons. The second kappa shape index (κ2) is 5.42. The van der Waals surface area contributed by atoms with Crippen LogP contribution in [0, 0.1) is 0 Å². The molecule has 0 aliphatic carbocycles. The maximum Gasteiger partial charge on any atom is 0.00278 e. The Hall–Kier alpha value is -0.720. The maximum absolute atomic E-state index is 3.69. The van der Waals surface area contributed by atoms with Crippen LogP contribution in [0.4, 0.5) is 0 Å². The number of hydrogen-bond acceptors (Lipinski definition) is 1. The van der Waals surface area contributed by atoms with E-state index >= 15 is 0 Å². The largest absolute Gasteiger partial charge is 0.394 e. The summed E-state index contributed by atoms with van der Waals surface area (Å²) in [5, 5.41) is 2.97. The minimum Gasteiger partial charge on any atom is -0.394 e. The van der Waals surface area contributed by atoms with E-state index in [9.17, 15) is 0 Å². The first-order chi connectivity index (χ1) is 4.35. The standard InChI is InChI=1S/C8H15N/c1-4-6-8(5-2)7-9-3/h5,7,9H,2,4,6H2,1,3H3/b8-7+. The molecular formula is C8H15N. The van der Waals surface area contributed by atoms with E-state index in [2.05, 4.69) is 18.8 Å². The normalized spacial score (nSPS) is 11.1. The molecule has 0 heterocycles. The molecule has 1 heteroatoms. The fourth-order valence-electron chi connectivity index (χ4n) is 0.707. The molecule has 1 N–H and O–H groups in total. The lowest BCUT2D eigenvalue weighted by Gasteiger charge is -1.96. The Bertz CT molecular complexity index is 103. The van der Waals surface area contributed by atoms with Gasteiger partial charge in [0.15, 0.2) is 0 Å². The molecule has 0 unspecified atom stereocenters. The van der Waals surface area contributed by atoms with E-state index in [1.807, 2.05) is 19.3 Å². The van der Waals surface area contributed by atoms with Crippen molar-refractivity contribution in [2.75, 3.05) is 7.05 Å². The Kier molecular flexibility index (Phi) is 4.98. The second-order valence-electron chi connectivity index (χ2n) is 1.96. The zero-order chi connectivity index (χ0) is 7.11. The first-order valence-corrected chi connectivity index (χ1v) is 3.33. The van der Waals surface area contributed by atoms with Crippen LogP contribution in [0.15, 0.2) is 24.4 Å². The van der Waals surface area contributed by atoms with Gasteiger partial charge in [0, 0.05) is 7.05 Å². The van der Waals surface area contributed by atoms with Gasteiger partial charge in [-0.1, -0.05) is 26.0 Å². The highest BCUT2D eigenvalue weighted by Crippen LogP contribution is 2.02. The first-order valence-electron chi connectivity index (χ1n) is 3.33. The molecule has 0 spiro atoms. The Labute approximate surface area is 57.5 Å². The first kappa shape index (κ1) is 8.28. The molecule has 0 radical (unpaired) electrons. The van der Waals surface area contributed by atoms with Gasteiger partial charge in [0.25, 0.3) is 0 Å². The molecule has 0 amide bonds. The molecule has 0 rings (SSSR count). The minimum atomic E-state index is 1.12. The van der Waals surface area contributed by atoms with Crippen molar-refractivity contribution in [2.45, 2.75) is 19.8 Å². The molecular weight excluding hydrogens is 110 g/mol. The van der Waals surface area contributed by atoms with Gasteiger partial charge in [-0.3, -0.25) is 0 Å². The number of nitrogens with one attached hydrogen (secondary N) is 1. The van der Waals surface area contributed by atoms with Crippen LogP contribution >= 0.6 is 0 Å². The lowest BCUT2D eigenvalue weighted by molar-refractivity contribution is 0.909. The zero-order valence-corrected chi connectivity index (χ0v) is 6.28. The molecule has 0 fully saturated rings. The average molecular weight is 125 g/mol. The van der Waals surface area contributed by atoms with Crippen molar-refractivity contribution >= 4 is 0 Å². The lowest BCUT2D eigenvalue weighted by Crippen LogP contribution is -1.94. The summed E-state index contributed by atoms with van der Waals surface area (Å²) < 4.78 is 0. The molecule has 0 aliphatic rings. The molecule has 0 aromatic heterocycles. The molecule has 0 saturated carbocycles. The Balaban J connectivity index is 3.66. The van der Waals surface area contributed by atoms with E-state index in [-0.39, 0.29) is 0 Å². The topological polar surface area (TPSA) is 12.0 Å². The summed E-state index contributed by atoms with van der Waals surface area (Å²) in [5.41, 5.74) is 1.28. The highest BCUT2D eigenvalue weighted by atomic mass is 14.8. The van der Waals surface area contributed by atoms with Gasteiger partial charge < -0.3 is 5.32 Å². The van der Waals surface area contributed by atoms with Crippen molar-refractivity contribution in [1.82, 2.24) is 5.32 Å². The van der Waals surface area contributed by atoms with Crippen LogP contribution in [0.5, 0.6) is 0 Å². The highest BCUT2D eigenvalue weighted by Gasteiger charge is 1.85. The predicted molar refractivity (Wildman–Crippen MR) is 42.2 cm³/mol. The average Bonchev–Trinajstić information content (AvgIpc) is 1.88. The summed E-state index contributed by atoms with van der Waals surface area (Å²) in [7, 11) is 1.90. The van der Waals surface area contributed by atoms with Gasteiger partial charge in [0.1, 0.15) is 0 Å². The third-order valence-corrected chi connectivity index (χ3v) is 1.13. The smallest absolute Gasteiger partial charge is 0.00278 e. The zero-order valence-electron chi connectivity index (χ0n) is 6.28. The van der Waals surface area contributed by atoms with Gasteiger partial charge in [-0.25, -0.2) is 0 Å². The number of allylic oxidation sites excluding steroid dienone is 2. The summed E-state index contributed by atoms with van der Waals surface area (Å²) >= 11 is 0. The monoisotopic (exact) mass is 125 g/mol. The van der Waals surface area contributed by atoms with E-state index in [1.165, 1.54) is 12.0 Å². The summed E-state index contributed by atoms with van der Waals surface area (Å²) in [4.78, 5) is 0. The fraction of sp³-hybridized carbons (Fsp3) is 0.500. The van der Waals surface area contributed by atoms with Crippen molar-refractivity contribution in [3.05, 3.63) is 24.4 Å². The third-order valence-electron chi connectivity index (χ3n) is 1.13. The maximum atomic E-state index is 3.69. The fourth-order valence-corrected chi connectivity index (χ4v) is 0.707. The quantitative estimate of drug-likeness (QED) is 0.567. The van der Waals surface area contributed by atoms with Gasteiger partial charge >= 0.3 is 0 Å². The van der Waals surface area contributed by atoms with E-state index in [0.717, 1.165) is 6.42 Å². The second-order valence-corrected chi connectivity index (χ2v) is 1.96. The van der Waals surface area contributed by atoms with Crippen molar-refractivity contribution in [1.29, 1.82) is 0 Å². The minimum absolute atomic E-state index is 1.12. The Morgan fingerprint density at radius 3 is 2.67 bits per heavy atom. The van der Waals surface area contributed by atoms with Crippen molar-refractivity contribution < 1.29 is 0 Å². The van der Waals surface area contributed by atoms with Crippen LogP contribution in [-0.2, 0) is 0 Å². The summed E-state index contributed by atoms with van der Waals surface area (Å²) in [6.07, 6.45) is 6.17. The van der Waals surface area contributed by atoms with Crippen LogP contribution in [-0.4, -0.2) is 7.05 Å². The van der Waals surface area contributed by atoms with E-state index < -0.39 is 0 Å². The van der Waals surface area contributed by atoms with Crippen molar-refractivity contribution in [3.8, 4) is 0 Å². The highest BCUT2D eigenvalue weighted by molar-refractivity contribution is 5.14. The molecule has 0 saturated heterocycles. The summed E-state index contributed by atoms with van der Waals surface area (Å²) in [6, 6.07) is 0. The van der Waals surface area contributed by atoms with Gasteiger partial charge in [-0.2, -0.15) is 0 Å². The summed E-state index contributed by atoms with van der Waals surface area (Å²) in [5.74, 6) is 0. The molecule has 0 bridgehead atoms. The SMILES string of the molecule is C=C/C(=C\NC)CCC. The van der Waals surface area contributed by atoms with Crippen LogP contribution in [0.25, 0.3) is 0 Å².